The largest absolute Gasteiger partial charge is 0.350 e. The maximum Gasteiger partial charge on any atom is 0.278 e. The van der Waals surface area contributed by atoms with E-state index in [0.29, 0.717) is 17.8 Å². The summed E-state index contributed by atoms with van der Waals surface area (Å²) in [5.74, 6) is -0.493. The Morgan fingerprint density at radius 1 is 1.13 bits per heavy atom. The standard InChI is InChI=1S/C18H18N2O2S/c1-4-20-17(21)15(14-6-5-9-23-14)16(18(20)22)19-13-8-7-11(2)10-12(13)3/h5-10,19H,4H2,1-3H3. The third-order valence-corrected chi connectivity index (χ3v) is 4.78. The lowest BCUT2D eigenvalue weighted by Crippen LogP contribution is -2.32. The van der Waals surface area contributed by atoms with E-state index in [1.54, 1.807) is 0 Å². The van der Waals surface area contributed by atoms with Crippen LogP contribution in [0.3, 0.4) is 0 Å². The zero-order chi connectivity index (χ0) is 16.6. The molecule has 2 aromatic rings. The van der Waals surface area contributed by atoms with Crippen molar-refractivity contribution in [3.63, 3.8) is 0 Å². The highest BCUT2D eigenvalue weighted by molar-refractivity contribution is 7.11. The van der Waals surface area contributed by atoms with Gasteiger partial charge in [-0.1, -0.05) is 23.8 Å². The van der Waals surface area contributed by atoms with E-state index in [1.165, 1.54) is 16.2 Å². The van der Waals surface area contributed by atoms with E-state index < -0.39 is 0 Å². The van der Waals surface area contributed by atoms with Crippen LogP contribution < -0.4 is 5.32 Å². The Labute approximate surface area is 139 Å². The summed E-state index contributed by atoms with van der Waals surface area (Å²) in [7, 11) is 0. The van der Waals surface area contributed by atoms with Gasteiger partial charge in [-0.3, -0.25) is 14.5 Å². The van der Waals surface area contributed by atoms with Crippen molar-refractivity contribution in [3.8, 4) is 0 Å². The number of thiophene rings is 1. The molecule has 4 nitrogen and oxygen atoms in total. The van der Waals surface area contributed by atoms with Crippen molar-refractivity contribution in [2.45, 2.75) is 20.8 Å². The van der Waals surface area contributed by atoms with Gasteiger partial charge in [0, 0.05) is 17.1 Å². The van der Waals surface area contributed by atoms with Gasteiger partial charge < -0.3 is 5.32 Å². The maximum absolute atomic E-state index is 12.6. The van der Waals surface area contributed by atoms with E-state index in [1.807, 2.05) is 56.5 Å². The number of benzene rings is 1. The summed E-state index contributed by atoms with van der Waals surface area (Å²) in [5, 5.41) is 5.10. The van der Waals surface area contributed by atoms with Crippen LogP contribution in [-0.2, 0) is 9.59 Å². The van der Waals surface area contributed by atoms with Gasteiger partial charge in [0.05, 0.1) is 5.57 Å². The number of imide groups is 1. The molecule has 2 amide bonds. The smallest absolute Gasteiger partial charge is 0.278 e. The van der Waals surface area contributed by atoms with E-state index in [0.717, 1.165) is 21.7 Å². The second kappa shape index (κ2) is 6.01. The van der Waals surface area contributed by atoms with Crippen molar-refractivity contribution >= 4 is 34.4 Å². The molecule has 2 heterocycles. The first kappa shape index (κ1) is 15.5. The SMILES string of the molecule is CCN1C(=O)C(Nc2ccc(C)cc2C)=C(c2cccs2)C1=O. The lowest BCUT2D eigenvalue weighted by Gasteiger charge is -2.13. The van der Waals surface area contributed by atoms with Crippen molar-refractivity contribution in [2.24, 2.45) is 0 Å². The third kappa shape index (κ3) is 2.68. The van der Waals surface area contributed by atoms with E-state index >= 15 is 0 Å². The highest BCUT2D eigenvalue weighted by Crippen LogP contribution is 2.33. The Kier molecular flexibility index (Phi) is 4.05. The first-order valence-corrected chi connectivity index (χ1v) is 8.39. The lowest BCUT2D eigenvalue weighted by molar-refractivity contribution is -0.136. The van der Waals surface area contributed by atoms with Crippen LogP contribution in [0.5, 0.6) is 0 Å². The van der Waals surface area contributed by atoms with Crippen LogP contribution in [0.1, 0.15) is 22.9 Å². The molecule has 0 saturated heterocycles. The fraction of sp³-hybridized carbons (Fsp3) is 0.222. The van der Waals surface area contributed by atoms with Crippen molar-refractivity contribution in [2.75, 3.05) is 11.9 Å². The minimum absolute atomic E-state index is 0.229. The monoisotopic (exact) mass is 326 g/mol. The molecule has 1 aliphatic heterocycles. The third-order valence-electron chi connectivity index (χ3n) is 3.89. The topological polar surface area (TPSA) is 49.4 Å². The van der Waals surface area contributed by atoms with Crippen LogP contribution in [0.4, 0.5) is 5.69 Å². The van der Waals surface area contributed by atoms with Crippen LogP contribution in [0.25, 0.3) is 5.57 Å². The average molecular weight is 326 g/mol. The van der Waals surface area contributed by atoms with Gasteiger partial charge in [0.25, 0.3) is 11.8 Å². The number of carbonyl (C=O) groups is 2. The van der Waals surface area contributed by atoms with Crippen molar-refractivity contribution in [1.29, 1.82) is 0 Å². The molecule has 1 N–H and O–H groups in total. The van der Waals surface area contributed by atoms with E-state index in [2.05, 4.69) is 5.32 Å². The first-order valence-electron chi connectivity index (χ1n) is 7.51. The Balaban J connectivity index is 2.08. The van der Waals surface area contributed by atoms with Crippen molar-refractivity contribution in [1.82, 2.24) is 4.90 Å². The molecule has 118 valence electrons. The fourth-order valence-electron chi connectivity index (χ4n) is 2.72. The Bertz CT molecular complexity index is 806. The summed E-state index contributed by atoms with van der Waals surface area (Å²) in [6, 6.07) is 9.73. The summed E-state index contributed by atoms with van der Waals surface area (Å²) < 4.78 is 0. The molecule has 3 rings (SSSR count). The normalized spacial score (nSPS) is 14.8. The second-order valence-electron chi connectivity index (χ2n) is 5.53. The zero-order valence-electron chi connectivity index (χ0n) is 13.3. The van der Waals surface area contributed by atoms with Gasteiger partial charge in [-0.15, -0.1) is 11.3 Å². The molecule has 0 atom stereocenters. The van der Waals surface area contributed by atoms with Crippen LogP contribution in [0.2, 0.25) is 0 Å². The van der Waals surface area contributed by atoms with Gasteiger partial charge in [-0.2, -0.15) is 0 Å². The zero-order valence-corrected chi connectivity index (χ0v) is 14.2. The summed E-state index contributed by atoms with van der Waals surface area (Å²) >= 11 is 1.46. The summed E-state index contributed by atoms with van der Waals surface area (Å²) in [5.41, 5.74) is 3.87. The molecule has 0 saturated carbocycles. The first-order chi connectivity index (χ1) is 11.0. The van der Waals surface area contributed by atoms with Crippen molar-refractivity contribution in [3.05, 3.63) is 57.4 Å². The molecular weight excluding hydrogens is 308 g/mol. The second-order valence-corrected chi connectivity index (χ2v) is 6.47. The molecule has 0 aliphatic carbocycles. The fourth-order valence-corrected chi connectivity index (χ4v) is 3.49. The highest BCUT2D eigenvalue weighted by Gasteiger charge is 2.38. The van der Waals surface area contributed by atoms with Crippen LogP contribution >= 0.6 is 11.3 Å². The Morgan fingerprint density at radius 3 is 2.52 bits per heavy atom. The number of aryl methyl sites for hydroxylation is 2. The van der Waals surface area contributed by atoms with Gasteiger partial charge in [0.1, 0.15) is 5.70 Å². The number of nitrogens with one attached hydrogen (secondary N) is 1. The van der Waals surface area contributed by atoms with Gasteiger partial charge >= 0.3 is 0 Å². The average Bonchev–Trinajstić information content (AvgIpc) is 3.10. The van der Waals surface area contributed by atoms with Crippen LogP contribution in [0, 0.1) is 13.8 Å². The molecule has 0 bridgehead atoms. The number of hydrogen-bond donors (Lipinski definition) is 1. The van der Waals surface area contributed by atoms with E-state index in [9.17, 15) is 9.59 Å². The molecule has 5 heteroatoms. The summed E-state index contributed by atoms with van der Waals surface area (Å²) in [6.07, 6.45) is 0. The molecule has 0 spiro atoms. The number of likely N-dealkylation sites (N-methyl/N-ethyl adjacent to an activating group) is 1. The van der Waals surface area contributed by atoms with Crippen LogP contribution in [-0.4, -0.2) is 23.3 Å². The van der Waals surface area contributed by atoms with Crippen LogP contribution in [0.15, 0.2) is 41.4 Å². The molecular formula is C18H18N2O2S. The number of rotatable bonds is 4. The molecule has 0 unspecified atom stereocenters. The number of amides is 2. The predicted molar refractivity (Wildman–Crippen MR) is 93.2 cm³/mol. The minimum atomic E-state index is -0.263. The molecule has 1 aromatic carbocycles. The van der Waals surface area contributed by atoms with E-state index in [4.69, 9.17) is 0 Å². The van der Waals surface area contributed by atoms with Gasteiger partial charge in [0.2, 0.25) is 0 Å². The predicted octanol–water partition coefficient (Wildman–Crippen LogP) is 3.58. The summed E-state index contributed by atoms with van der Waals surface area (Å²) in [6.45, 7) is 6.18. The Hall–Kier alpha value is -2.40. The van der Waals surface area contributed by atoms with Gasteiger partial charge in [-0.25, -0.2) is 0 Å². The van der Waals surface area contributed by atoms with Gasteiger partial charge in [0.15, 0.2) is 0 Å². The van der Waals surface area contributed by atoms with Gasteiger partial charge in [-0.05, 0) is 43.8 Å². The number of carbonyl (C=O) groups excluding carboxylic acids is 2. The molecule has 0 radical (unpaired) electrons. The van der Waals surface area contributed by atoms with E-state index in [-0.39, 0.29) is 11.8 Å². The number of nitrogens with zero attached hydrogens (tertiary/aromatic N) is 1. The lowest BCUT2D eigenvalue weighted by atomic mass is 10.1. The van der Waals surface area contributed by atoms with Crippen molar-refractivity contribution < 1.29 is 9.59 Å². The minimum Gasteiger partial charge on any atom is -0.350 e. The summed E-state index contributed by atoms with van der Waals surface area (Å²) in [4.78, 5) is 27.3. The quantitative estimate of drug-likeness (QED) is 0.874. The maximum atomic E-state index is 12.6. The Morgan fingerprint density at radius 2 is 1.91 bits per heavy atom. The number of anilines is 1. The molecule has 23 heavy (non-hydrogen) atoms. The molecule has 1 aliphatic rings. The number of hydrogen-bond acceptors (Lipinski definition) is 4. The molecule has 0 fully saturated rings. The molecule has 1 aromatic heterocycles. The highest BCUT2D eigenvalue weighted by atomic mass is 32.1.